The first kappa shape index (κ1) is 16.9. The van der Waals surface area contributed by atoms with Crippen molar-refractivity contribution in [3.63, 3.8) is 0 Å². The Morgan fingerprint density at radius 1 is 1.41 bits per heavy atom. The molecule has 1 unspecified atom stereocenters. The van der Waals surface area contributed by atoms with Crippen LogP contribution in [0, 0.1) is 5.41 Å². The Kier molecular flexibility index (Phi) is 6.65. The van der Waals surface area contributed by atoms with Gasteiger partial charge in [0.2, 0.25) is 10.0 Å². The van der Waals surface area contributed by atoms with E-state index in [4.69, 9.17) is 0 Å². The van der Waals surface area contributed by atoms with Crippen molar-refractivity contribution in [2.24, 2.45) is 5.41 Å². The second-order valence-corrected chi connectivity index (χ2v) is 8.00. The molecule has 0 aromatic carbocycles. The minimum absolute atomic E-state index is 0.000844. The normalized spacial score (nSPS) is 14.4. The van der Waals surface area contributed by atoms with E-state index in [-0.39, 0.29) is 17.7 Å². The molecular weight excluding hydrogens is 310 g/mol. The van der Waals surface area contributed by atoms with Crippen molar-refractivity contribution < 1.29 is 17.9 Å². The molecule has 0 aromatic heterocycles. The third-order valence-corrected chi connectivity index (χ3v) is 4.11. The lowest BCUT2D eigenvalue weighted by molar-refractivity contribution is -0.139. The lowest BCUT2D eigenvalue weighted by Gasteiger charge is -2.18. The Morgan fingerprint density at radius 2 is 1.94 bits per heavy atom. The summed E-state index contributed by atoms with van der Waals surface area (Å²) in [5.41, 5.74) is -0.0368. The average Bonchev–Trinajstić information content (AvgIpc) is 2.21. The lowest BCUT2D eigenvalue weighted by Crippen LogP contribution is -2.35. The van der Waals surface area contributed by atoms with E-state index in [0.29, 0.717) is 6.42 Å². The monoisotopic (exact) mass is 329 g/mol. The van der Waals surface area contributed by atoms with Gasteiger partial charge >= 0.3 is 5.97 Å². The highest BCUT2D eigenvalue weighted by molar-refractivity contribution is 9.10. The van der Waals surface area contributed by atoms with Crippen LogP contribution < -0.4 is 4.72 Å². The second-order valence-electron chi connectivity index (χ2n) is 4.97. The third-order valence-electron chi connectivity index (χ3n) is 2.06. The van der Waals surface area contributed by atoms with Crippen LogP contribution in [0.3, 0.4) is 0 Å². The molecule has 0 saturated heterocycles. The number of alkyl halides is 1. The number of nitrogens with one attached hydrogen (secondary N) is 1. The number of methoxy groups -OCH3 is 1. The van der Waals surface area contributed by atoms with E-state index in [1.807, 2.05) is 20.8 Å². The van der Waals surface area contributed by atoms with Gasteiger partial charge in [0, 0.05) is 6.54 Å². The Bertz CT molecular complexity index is 348. The van der Waals surface area contributed by atoms with E-state index in [1.54, 1.807) is 0 Å². The summed E-state index contributed by atoms with van der Waals surface area (Å²) >= 11 is 3.05. The molecule has 102 valence electrons. The zero-order chi connectivity index (χ0) is 13.7. The molecule has 0 aromatic rings. The Balaban J connectivity index is 4.15. The number of esters is 1. The summed E-state index contributed by atoms with van der Waals surface area (Å²) in [6.45, 7) is 5.93. The zero-order valence-corrected chi connectivity index (χ0v) is 13.0. The first-order valence-electron chi connectivity index (χ1n) is 5.26. The van der Waals surface area contributed by atoms with E-state index in [0.717, 1.165) is 0 Å². The van der Waals surface area contributed by atoms with Crippen LogP contribution in [0.2, 0.25) is 0 Å². The first-order valence-corrected chi connectivity index (χ1v) is 7.83. The zero-order valence-electron chi connectivity index (χ0n) is 10.6. The summed E-state index contributed by atoms with van der Waals surface area (Å²) < 4.78 is 30.1. The molecule has 1 N–H and O–H groups in total. The molecule has 0 fully saturated rings. The molecule has 17 heavy (non-hydrogen) atoms. The summed E-state index contributed by atoms with van der Waals surface area (Å²) in [4.78, 5) is 10.4. The van der Waals surface area contributed by atoms with E-state index < -0.39 is 20.8 Å². The Hall–Kier alpha value is -0.140. The minimum atomic E-state index is -3.34. The maximum absolute atomic E-state index is 11.6. The number of halogens is 1. The van der Waals surface area contributed by atoms with E-state index in [2.05, 4.69) is 25.4 Å². The third kappa shape index (κ3) is 8.57. The molecule has 5 nitrogen and oxygen atoms in total. The predicted molar refractivity (Wildman–Crippen MR) is 70.6 cm³/mol. The maximum Gasteiger partial charge on any atom is 0.320 e. The SMILES string of the molecule is COC(=O)C(Br)CNS(=O)(=O)CCC(C)(C)C. The molecule has 0 amide bonds. The van der Waals surface area contributed by atoms with Crippen molar-refractivity contribution in [3.8, 4) is 0 Å². The van der Waals surface area contributed by atoms with Gasteiger partial charge in [0.1, 0.15) is 4.83 Å². The topological polar surface area (TPSA) is 72.5 Å². The second kappa shape index (κ2) is 6.70. The number of carbonyl (C=O) groups is 1. The lowest BCUT2D eigenvalue weighted by atomic mass is 9.94. The standard InChI is InChI=1S/C10H20BrNO4S/c1-10(2,3)5-6-17(14,15)12-7-8(11)9(13)16-4/h8,12H,5-7H2,1-4H3. The van der Waals surface area contributed by atoms with E-state index in [9.17, 15) is 13.2 Å². The van der Waals surface area contributed by atoms with Crippen molar-refractivity contribution in [2.75, 3.05) is 19.4 Å². The van der Waals surface area contributed by atoms with Crippen LogP contribution in [0.25, 0.3) is 0 Å². The number of sulfonamides is 1. The van der Waals surface area contributed by atoms with Gasteiger partial charge in [-0.15, -0.1) is 0 Å². The first-order chi connectivity index (χ1) is 7.57. The van der Waals surface area contributed by atoms with Crippen LogP contribution >= 0.6 is 15.9 Å². The van der Waals surface area contributed by atoms with E-state index >= 15 is 0 Å². The van der Waals surface area contributed by atoms with Crippen molar-refractivity contribution in [1.82, 2.24) is 4.72 Å². The minimum Gasteiger partial charge on any atom is -0.468 e. The number of ether oxygens (including phenoxy) is 1. The van der Waals surface area contributed by atoms with Crippen molar-refractivity contribution in [2.45, 2.75) is 32.0 Å². The van der Waals surface area contributed by atoms with Crippen LogP contribution in [0.4, 0.5) is 0 Å². The fraction of sp³-hybridized carbons (Fsp3) is 0.900. The van der Waals surface area contributed by atoms with Gasteiger partial charge in [-0.1, -0.05) is 36.7 Å². The molecule has 7 heteroatoms. The smallest absolute Gasteiger partial charge is 0.320 e. The summed E-state index contributed by atoms with van der Waals surface area (Å²) in [5, 5.41) is 0. The van der Waals surface area contributed by atoms with Crippen molar-refractivity contribution >= 4 is 31.9 Å². The number of hydrogen-bond acceptors (Lipinski definition) is 4. The van der Waals surface area contributed by atoms with Gasteiger partial charge in [-0.25, -0.2) is 13.1 Å². The molecule has 0 radical (unpaired) electrons. The Labute approximate surface area is 111 Å². The molecule has 0 bridgehead atoms. The highest BCUT2D eigenvalue weighted by Gasteiger charge is 2.21. The Morgan fingerprint density at radius 3 is 2.35 bits per heavy atom. The van der Waals surface area contributed by atoms with Gasteiger partial charge in [-0.3, -0.25) is 4.79 Å². The van der Waals surface area contributed by atoms with Crippen LogP contribution in [-0.4, -0.2) is 38.6 Å². The summed E-state index contributed by atoms with van der Waals surface area (Å²) in [5.74, 6) is -0.444. The van der Waals surface area contributed by atoms with Crippen molar-refractivity contribution in [3.05, 3.63) is 0 Å². The summed E-state index contributed by atoms with van der Waals surface area (Å²) in [6.07, 6.45) is 0.563. The van der Waals surface area contributed by atoms with Crippen LogP contribution in [0.15, 0.2) is 0 Å². The number of hydrogen-bond donors (Lipinski definition) is 1. The molecule has 0 aliphatic rings. The molecular formula is C10H20BrNO4S. The van der Waals surface area contributed by atoms with Crippen LogP contribution in [0.5, 0.6) is 0 Å². The summed E-state index contributed by atoms with van der Waals surface area (Å²) in [6, 6.07) is 0. The maximum atomic E-state index is 11.6. The van der Waals surface area contributed by atoms with Gasteiger partial charge in [0.05, 0.1) is 12.9 Å². The highest BCUT2D eigenvalue weighted by atomic mass is 79.9. The number of rotatable bonds is 6. The van der Waals surface area contributed by atoms with Gasteiger partial charge in [0.15, 0.2) is 0 Å². The van der Waals surface area contributed by atoms with Crippen LogP contribution in [0.1, 0.15) is 27.2 Å². The van der Waals surface area contributed by atoms with E-state index in [1.165, 1.54) is 7.11 Å². The molecule has 0 heterocycles. The number of carbonyl (C=O) groups excluding carboxylic acids is 1. The quantitative estimate of drug-likeness (QED) is 0.588. The van der Waals surface area contributed by atoms with Gasteiger partial charge in [-0.05, 0) is 11.8 Å². The summed E-state index contributed by atoms with van der Waals surface area (Å²) in [7, 11) is -2.08. The van der Waals surface area contributed by atoms with Gasteiger partial charge in [-0.2, -0.15) is 0 Å². The largest absolute Gasteiger partial charge is 0.468 e. The van der Waals surface area contributed by atoms with Gasteiger partial charge in [0.25, 0.3) is 0 Å². The van der Waals surface area contributed by atoms with Crippen LogP contribution in [-0.2, 0) is 19.6 Å². The highest BCUT2D eigenvalue weighted by Crippen LogP contribution is 2.18. The fourth-order valence-corrected chi connectivity index (χ4v) is 2.93. The molecule has 0 rings (SSSR count). The molecule has 0 aliphatic carbocycles. The molecule has 1 atom stereocenters. The fourth-order valence-electron chi connectivity index (χ4n) is 0.924. The molecule has 0 saturated carbocycles. The van der Waals surface area contributed by atoms with Gasteiger partial charge < -0.3 is 4.74 Å². The van der Waals surface area contributed by atoms with Crippen molar-refractivity contribution in [1.29, 1.82) is 0 Å². The molecule has 0 aliphatic heterocycles. The predicted octanol–water partition coefficient (Wildman–Crippen LogP) is 1.28. The average molecular weight is 330 g/mol. The molecule has 0 spiro atoms.